The second-order valence-electron chi connectivity index (χ2n) is 4.71. The summed E-state index contributed by atoms with van der Waals surface area (Å²) in [4.78, 5) is 25.5. The van der Waals surface area contributed by atoms with Crippen LogP contribution in [0.25, 0.3) is 0 Å². The maximum absolute atomic E-state index is 12.0. The van der Waals surface area contributed by atoms with Gasteiger partial charge >= 0.3 is 6.03 Å². The summed E-state index contributed by atoms with van der Waals surface area (Å²) in [5.41, 5.74) is 1.76. The molecule has 0 radical (unpaired) electrons. The first kappa shape index (κ1) is 12.4. The maximum atomic E-state index is 12.0. The van der Waals surface area contributed by atoms with Crippen LogP contribution in [0.4, 0.5) is 10.5 Å². The van der Waals surface area contributed by atoms with Crippen molar-refractivity contribution in [2.24, 2.45) is 0 Å². The first-order valence-electron chi connectivity index (χ1n) is 6.49. The lowest BCUT2D eigenvalue weighted by Crippen LogP contribution is -2.36. The third-order valence-corrected chi connectivity index (χ3v) is 3.37. The Kier molecular flexibility index (Phi) is 3.21. The SMILES string of the molecule is O=C1NC(=O)N(c2ccccc2)C1Cc1ccccc1. The van der Waals surface area contributed by atoms with Gasteiger partial charge in [-0.15, -0.1) is 0 Å². The topological polar surface area (TPSA) is 49.4 Å². The Hall–Kier alpha value is -2.62. The molecule has 1 aliphatic heterocycles. The Morgan fingerprint density at radius 2 is 1.50 bits per heavy atom. The summed E-state index contributed by atoms with van der Waals surface area (Å²) < 4.78 is 0. The van der Waals surface area contributed by atoms with Crippen molar-refractivity contribution in [1.29, 1.82) is 0 Å². The highest BCUT2D eigenvalue weighted by atomic mass is 16.2. The number of imide groups is 1. The van der Waals surface area contributed by atoms with Gasteiger partial charge in [0.2, 0.25) is 0 Å². The third-order valence-electron chi connectivity index (χ3n) is 3.37. The predicted molar refractivity (Wildman–Crippen MR) is 76.4 cm³/mol. The monoisotopic (exact) mass is 266 g/mol. The summed E-state index contributed by atoms with van der Waals surface area (Å²) >= 11 is 0. The maximum Gasteiger partial charge on any atom is 0.329 e. The molecule has 0 saturated carbocycles. The van der Waals surface area contributed by atoms with Gasteiger partial charge < -0.3 is 0 Å². The van der Waals surface area contributed by atoms with Crippen molar-refractivity contribution in [3.8, 4) is 0 Å². The van der Waals surface area contributed by atoms with Gasteiger partial charge in [0.1, 0.15) is 6.04 Å². The molecule has 0 aliphatic carbocycles. The number of carbonyl (C=O) groups is 2. The fourth-order valence-corrected chi connectivity index (χ4v) is 2.41. The second kappa shape index (κ2) is 5.17. The number of hydrogen-bond donors (Lipinski definition) is 1. The minimum absolute atomic E-state index is 0.247. The van der Waals surface area contributed by atoms with Gasteiger partial charge in [0.15, 0.2) is 0 Å². The molecule has 2 aromatic carbocycles. The Morgan fingerprint density at radius 1 is 0.900 bits per heavy atom. The zero-order valence-corrected chi connectivity index (χ0v) is 10.8. The molecule has 1 unspecified atom stereocenters. The Balaban J connectivity index is 1.91. The molecule has 1 atom stereocenters. The Bertz CT molecular complexity index is 625. The van der Waals surface area contributed by atoms with E-state index in [1.165, 1.54) is 4.90 Å². The normalized spacial score (nSPS) is 18.2. The van der Waals surface area contributed by atoms with Gasteiger partial charge in [0, 0.05) is 12.1 Å². The van der Waals surface area contributed by atoms with E-state index in [9.17, 15) is 9.59 Å². The number of carbonyl (C=O) groups excluding carboxylic acids is 2. The van der Waals surface area contributed by atoms with E-state index in [0.717, 1.165) is 11.3 Å². The predicted octanol–water partition coefficient (Wildman–Crippen LogP) is 2.35. The molecule has 1 fully saturated rings. The molecule has 1 N–H and O–H groups in total. The van der Waals surface area contributed by atoms with Crippen LogP contribution in [0.5, 0.6) is 0 Å². The number of nitrogens with one attached hydrogen (secondary N) is 1. The summed E-state index contributed by atoms with van der Waals surface area (Å²) in [7, 11) is 0. The quantitative estimate of drug-likeness (QED) is 0.867. The van der Waals surface area contributed by atoms with Crippen LogP contribution in [0.3, 0.4) is 0 Å². The van der Waals surface area contributed by atoms with Crippen LogP contribution in [0.15, 0.2) is 60.7 Å². The van der Waals surface area contributed by atoms with Crippen LogP contribution < -0.4 is 10.2 Å². The number of urea groups is 1. The van der Waals surface area contributed by atoms with Gasteiger partial charge in [-0.1, -0.05) is 48.5 Å². The van der Waals surface area contributed by atoms with E-state index in [0.29, 0.717) is 6.42 Å². The summed E-state index contributed by atoms with van der Waals surface area (Å²) in [6, 6.07) is 18.1. The van der Waals surface area contributed by atoms with Gasteiger partial charge in [-0.25, -0.2) is 4.79 Å². The van der Waals surface area contributed by atoms with Crippen LogP contribution in [-0.2, 0) is 11.2 Å². The van der Waals surface area contributed by atoms with Crippen molar-refractivity contribution in [3.63, 3.8) is 0 Å². The highest BCUT2D eigenvalue weighted by Crippen LogP contribution is 2.23. The van der Waals surface area contributed by atoms with Gasteiger partial charge in [-0.05, 0) is 17.7 Å². The van der Waals surface area contributed by atoms with Crippen LogP contribution in [0.2, 0.25) is 0 Å². The number of benzene rings is 2. The average Bonchev–Trinajstić information content (AvgIpc) is 2.75. The molecule has 20 heavy (non-hydrogen) atoms. The molecular formula is C16H14N2O2. The van der Waals surface area contributed by atoms with Crippen LogP contribution in [-0.4, -0.2) is 18.0 Å². The number of anilines is 1. The zero-order chi connectivity index (χ0) is 13.9. The zero-order valence-electron chi connectivity index (χ0n) is 10.8. The lowest BCUT2D eigenvalue weighted by atomic mass is 10.0. The van der Waals surface area contributed by atoms with Crippen molar-refractivity contribution in [2.75, 3.05) is 4.90 Å². The molecule has 1 saturated heterocycles. The standard InChI is InChI=1S/C16H14N2O2/c19-15-14(11-12-7-3-1-4-8-12)18(16(20)17-15)13-9-5-2-6-10-13/h1-10,14H,11H2,(H,17,19,20). The minimum Gasteiger partial charge on any atom is -0.281 e. The van der Waals surface area contributed by atoms with E-state index < -0.39 is 6.04 Å². The fraction of sp³-hybridized carbons (Fsp3) is 0.125. The molecule has 4 nitrogen and oxygen atoms in total. The smallest absolute Gasteiger partial charge is 0.281 e. The largest absolute Gasteiger partial charge is 0.329 e. The summed E-state index contributed by atoms with van der Waals surface area (Å²) in [5, 5.41) is 2.38. The summed E-state index contributed by atoms with van der Waals surface area (Å²) in [6.45, 7) is 0. The van der Waals surface area contributed by atoms with Crippen LogP contribution in [0, 0.1) is 0 Å². The summed E-state index contributed by atoms with van der Waals surface area (Å²) in [5.74, 6) is -0.247. The molecule has 4 heteroatoms. The molecule has 1 aliphatic rings. The summed E-state index contributed by atoms with van der Waals surface area (Å²) in [6.07, 6.45) is 0.507. The van der Waals surface area contributed by atoms with E-state index in [1.807, 2.05) is 60.7 Å². The van der Waals surface area contributed by atoms with E-state index in [2.05, 4.69) is 5.32 Å². The first-order chi connectivity index (χ1) is 9.75. The number of rotatable bonds is 3. The number of para-hydroxylation sites is 1. The molecule has 3 rings (SSSR count). The molecule has 3 amide bonds. The van der Waals surface area contributed by atoms with Gasteiger partial charge in [0.05, 0.1) is 0 Å². The number of amides is 3. The van der Waals surface area contributed by atoms with E-state index in [4.69, 9.17) is 0 Å². The average molecular weight is 266 g/mol. The number of hydrogen-bond acceptors (Lipinski definition) is 2. The van der Waals surface area contributed by atoms with Crippen LogP contribution in [0.1, 0.15) is 5.56 Å². The molecule has 2 aromatic rings. The lowest BCUT2D eigenvalue weighted by molar-refractivity contribution is -0.119. The van der Waals surface area contributed by atoms with Crippen molar-refractivity contribution in [2.45, 2.75) is 12.5 Å². The van der Waals surface area contributed by atoms with Crippen molar-refractivity contribution < 1.29 is 9.59 Å². The first-order valence-corrected chi connectivity index (χ1v) is 6.49. The highest BCUT2D eigenvalue weighted by Gasteiger charge is 2.39. The van der Waals surface area contributed by atoms with Crippen molar-refractivity contribution >= 4 is 17.6 Å². The lowest BCUT2D eigenvalue weighted by Gasteiger charge is -2.21. The van der Waals surface area contributed by atoms with Crippen molar-refractivity contribution in [3.05, 3.63) is 66.2 Å². The highest BCUT2D eigenvalue weighted by molar-refractivity contribution is 6.14. The fourth-order valence-electron chi connectivity index (χ4n) is 2.41. The van der Waals surface area contributed by atoms with E-state index >= 15 is 0 Å². The van der Waals surface area contributed by atoms with Gasteiger partial charge in [-0.2, -0.15) is 0 Å². The Labute approximate surface area is 117 Å². The molecular weight excluding hydrogens is 252 g/mol. The van der Waals surface area contributed by atoms with E-state index in [-0.39, 0.29) is 11.9 Å². The van der Waals surface area contributed by atoms with Crippen LogP contribution >= 0.6 is 0 Å². The minimum atomic E-state index is -0.493. The van der Waals surface area contributed by atoms with Crippen molar-refractivity contribution in [1.82, 2.24) is 5.32 Å². The molecule has 1 heterocycles. The van der Waals surface area contributed by atoms with E-state index in [1.54, 1.807) is 0 Å². The van der Waals surface area contributed by atoms with Gasteiger partial charge in [-0.3, -0.25) is 15.0 Å². The number of nitrogens with zero attached hydrogens (tertiary/aromatic N) is 1. The molecule has 100 valence electrons. The third kappa shape index (κ3) is 2.28. The molecule has 0 spiro atoms. The molecule has 0 bridgehead atoms. The molecule has 0 aromatic heterocycles. The Morgan fingerprint density at radius 3 is 2.15 bits per heavy atom. The second-order valence-corrected chi connectivity index (χ2v) is 4.71. The van der Waals surface area contributed by atoms with Gasteiger partial charge in [0.25, 0.3) is 5.91 Å².